The summed E-state index contributed by atoms with van der Waals surface area (Å²) in [5.41, 5.74) is 0.715. The van der Waals surface area contributed by atoms with Gasteiger partial charge in [0.1, 0.15) is 6.10 Å². The molecule has 0 radical (unpaired) electrons. The van der Waals surface area contributed by atoms with E-state index in [2.05, 4.69) is 15.8 Å². The van der Waals surface area contributed by atoms with Crippen LogP contribution < -0.4 is 9.46 Å². The zero-order valence-corrected chi connectivity index (χ0v) is 27.9. The molecule has 1 saturated heterocycles. The SMILES string of the molecule is O=C1C[C@]2(C(=O)NS(=O)(=O)C3CC3)C[C@@H]2/C=C\CCCCC[C@H](Cc2ccccc2)C(=O)N2C[C@H](Oc3ccc4ccccc4n3)C[C@@H]12. The topological polar surface area (TPSA) is 123 Å². The third-order valence-corrected chi connectivity index (χ3v) is 12.3. The molecule has 3 aromatic rings. The molecule has 9 nitrogen and oxygen atoms in total. The number of fused-ring (bicyclic) bond motifs is 3. The first-order valence-corrected chi connectivity index (χ1v) is 18.9. The summed E-state index contributed by atoms with van der Waals surface area (Å²) >= 11 is 0. The number of aromatic nitrogens is 1. The normalized spacial score (nSPS) is 28.9. The number of amides is 2. The second-order valence-electron chi connectivity index (χ2n) is 14.1. The number of nitrogens with zero attached hydrogens (tertiary/aromatic N) is 2. The second kappa shape index (κ2) is 13.5. The second-order valence-corrected chi connectivity index (χ2v) is 16.0. The molecule has 1 aromatic heterocycles. The highest BCUT2D eigenvalue weighted by atomic mass is 32.2. The van der Waals surface area contributed by atoms with Crippen LogP contribution in [0.5, 0.6) is 5.88 Å². The van der Waals surface area contributed by atoms with Gasteiger partial charge in [0.25, 0.3) is 0 Å². The van der Waals surface area contributed by atoms with Crippen molar-refractivity contribution in [2.45, 2.75) is 88.0 Å². The van der Waals surface area contributed by atoms with E-state index in [4.69, 9.17) is 4.74 Å². The van der Waals surface area contributed by atoms with Crippen molar-refractivity contribution >= 4 is 38.5 Å². The average molecular weight is 670 g/mol. The molecular formula is C38H43N3O6S. The fourth-order valence-electron chi connectivity index (χ4n) is 7.50. The highest BCUT2D eigenvalue weighted by molar-refractivity contribution is 7.90. The molecule has 4 aliphatic rings. The molecule has 2 saturated carbocycles. The van der Waals surface area contributed by atoms with Gasteiger partial charge in [0.2, 0.25) is 27.7 Å². The minimum atomic E-state index is -3.78. The van der Waals surface area contributed by atoms with Crippen molar-refractivity contribution in [3.8, 4) is 5.88 Å². The lowest BCUT2D eigenvalue weighted by Crippen LogP contribution is -2.46. The highest BCUT2D eigenvalue weighted by Gasteiger charge is 2.61. The van der Waals surface area contributed by atoms with E-state index >= 15 is 0 Å². The van der Waals surface area contributed by atoms with Gasteiger partial charge in [-0.1, -0.05) is 73.5 Å². The number of ether oxygens (including phenoxy) is 1. The Morgan fingerprint density at radius 1 is 0.958 bits per heavy atom. The maximum Gasteiger partial charge on any atom is 0.240 e. The summed E-state index contributed by atoms with van der Waals surface area (Å²) in [5, 5.41) is 0.438. The lowest BCUT2D eigenvalue weighted by molar-refractivity contribution is -0.142. The Bertz CT molecular complexity index is 1820. The number of benzene rings is 2. The molecular weight excluding hydrogens is 627 g/mol. The van der Waals surface area contributed by atoms with Crippen LogP contribution in [-0.4, -0.2) is 59.8 Å². The van der Waals surface area contributed by atoms with Gasteiger partial charge in [0.15, 0.2) is 5.78 Å². The van der Waals surface area contributed by atoms with Gasteiger partial charge in [-0.2, -0.15) is 0 Å². The number of ketones is 1. The van der Waals surface area contributed by atoms with Gasteiger partial charge in [-0.05, 0) is 68.6 Å². The summed E-state index contributed by atoms with van der Waals surface area (Å²) in [6.07, 6.45) is 10.1. The van der Waals surface area contributed by atoms with E-state index in [0.717, 1.165) is 42.1 Å². The molecule has 7 rings (SSSR count). The zero-order valence-electron chi connectivity index (χ0n) is 27.1. The van der Waals surface area contributed by atoms with E-state index in [0.29, 0.717) is 38.0 Å². The van der Waals surface area contributed by atoms with Crippen LogP contribution in [0.4, 0.5) is 0 Å². The lowest BCUT2D eigenvalue weighted by Gasteiger charge is -2.29. The predicted molar refractivity (Wildman–Crippen MR) is 182 cm³/mol. The van der Waals surface area contributed by atoms with Crippen molar-refractivity contribution in [1.82, 2.24) is 14.6 Å². The molecule has 3 fully saturated rings. The van der Waals surface area contributed by atoms with Crippen molar-refractivity contribution in [1.29, 1.82) is 0 Å². The molecule has 10 heteroatoms. The largest absolute Gasteiger partial charge is 0.472 e. The number of hydrogen-bond acceptors (Lipinski definition) is 7. The first-order chi connectivity index (χ1) is 23.2. The smallest absolute Gasteiger partial charge is 0.240 e. The van der Waals surface area contributed by atoms with Crippen LogP contribution in [0.1, 0.15) is 69.8 Å². The van der Waals surface area contributed by atoms with Crippen molar-refractivity contribution < 1.29 is 27.5 Å². The zero-order chi connectivity index (χ0) is 33.3. The quantitative estimate of drug-likeness (QED) is 0.328. The van der Waals surface area contributed by atoms with Gasteiger partial charge in [-0.3, -0.25) is 19.1 Å². The minimum Gasteiger partial charge on any atom is -0.472 e. The number of carbonyl (C=O) groups is 3. The number of hydrogen-bond donors (Lipinski definition) is 1. The Morgan fingerprint density at radius 3 is 2.56 bits per heavy atom. The summed E-state index contributed by atoms with van der Waals surface area (Å²) in [6.45, 7) is 0.230. The summed E-state index contributed by atoms with van der Waals surface area (Å²) < 4.78 is 34.3. The standard InChI is InChI=1S/C38H43N3O6S/c42-34-24-38(37(44)40-48(45,46)31-18-19-31)23-29(38)15-8-3-1-2-7-14-28(21-26-11-5-4-6-12-26)36(43)41-25-30(22-33(34)41)47-35-20-17-27-13-9-10-16-32(27)39-35/h4-6,8-13,15-17,20,28-31,33H,1-3,7,14,18-19,21-25H2,(H,40,44)/b15-8-/t28-,29+,30-,33+,38-/m1/s1. The maximum absolute atomic E-state index is 14.5. The van der Waals surface area contributed by atoms with E-state index in [1.54, 1.807) is 11.0 Å². The number of sulfonamides is 1. The Labute approximate surface area is 282 Å². The third-order valence-electron chi connectivity index (χ3n) is 10.5. The molecule has 0 spiro atoms. The third kappa shape index (κ3) is 7.04. The summed E-state index contributed by atoms with van der Waals surface area (Å²) in [4.78, 5) is 48.9. The van der Waals surface area contributed by atoms with Gasteiger partial charge in [0.05, 0.1) is 28.8 Å². The van der Waals surface area contributed by atoms with Crippen molar-refractivity contribution in [2.24, 2.45) is 17.3 Å². The molecule has 2 aliphatic heterocycles. The number of Topliss-reactive ketones (excluding diaryl/α,β-unsaturated/α-hetero) is 1. The molecule has 2 amide bonds. The first kappa shape index (κ1) is 32.5. The van der Waals surface area contributed by atoms with Gasteiger partial charge in [-0.25, -0.2) is 13.4 Å². The Kier molecular flexibility index (Phi) is 9.11. The molecule has 48 heavy (non-hydrogen) atoms. The van der Waals surface area contributed by atoms with Gasteiger partial charge < -0.3 is 9.64 Å². The Balaban J connectivity index is 1.18. The van der Waals surface area contributed by atoms with E-state index in [1.165, 1.54) is 0 Å². The average Bonchev–Trinajstić information content (AvgIpc) is 4.01. The molecule has 0 bridgehead atoms. The van der Waals surface area contributed by atoms with Crippen LogP contribution >= 0.6 is 0 Å². The number of para-hydroxylation sites is 1. The number of pyridine rings is 1. The van der Waals surface area contributed by atoms with E-state index < -0.39 is 38.7 Å². The van der Waals surface area contributed by atoms with Crippen molar-refractivity contribution in [2.75, 3.05) is 6.54 Å². The molecule has 2 aromatic carbocycles. The molecule has 1 N–H and O–H groups in total. The summed E-state index contributed by atoms with van der Waals surface area (Å²) in [7, 11) is -3.78. The maximum atomic E-state index is 14.5. The van der Waals surface area contributed by atoms with Gasteiger partial charge in [-0.15, -0.1) is 0 Å². The highest BCUT2D eigenvalue weighted by Crippen LogP contribution is 2.57. The molecule has 3 heterocycles. The van der Waals surface area contributed by atoms with Gasteiger partial charge >= 0.3 is 0 Å². The number of nitrogens with one attached hydrogen (secondary N) is 1. The van der Waals surface area contributed by atoms with Gasteiger partial charge in [0, 0.05) is 30.2 Å². The van der Waals surface area contributed by atoms with Crippen LogP contribution in [0.2, 0.25) is 0 Å². The molecule has 0 unspecified atom stereocenters. The molecule has 5 atom stereocenters. The Morgan fingerprint density at radius 2 is 1.75 bits per heavy atom. The fourth-order valence-corrected chi connectivity index (χ4v) is 8.89. The van der Waals surface area contributed by atoms with Crippen LogP contribution in [0.3, 0.4) is 0 Å². The summed E-state index contributed by atoms with van der Waals surface area (Å²) in [5.74, 6) is -1.03. The first-order valence-electron chi connectivity index (χ1n) is 17.3. The molecule has 252 valence electrons. The van der Waals surface area contributed by atoms with Crippen LogP contribution in [-0.2, 0) is 30.8 Å². The van der Waals surface area contributed by atoms with Crippen LogP contribution in [0.25, 0.3) is 10.9 Å². The fraction of sp³-hybridized carbons (Fsp3) is 0.474. The number of allylic oxidation sites excluding steroid dienone is 2. The van der Waals surface area contributed by atoms with Crippen LogP contribution in [0, 0.1) is 17.3 Å². The Hall–Kier alpha value is -4.05. The predicted octanol–water partition coefficient (Wildman–Crippen LogP) is 5.54. The van der Waals surface area contributed by atoms with Crippen molar-refractivity contribution in [3.05, 3.63) is 84.4 Å². The van der Waals surface area contributed by atoms with Crippen LogP contribution in [0.15, 0.2) is 78.9 Å². The summed E-state index contributed by atoms with van der Waals surface area (Å²) in [6, 6.07) is 20.7. The number of rotatable bonds is 7. The van der Waals surface area contributed by atoms with E-state index in [-0.39, 0.29) is 42.9 Å². The van der Waals surface area contributed by atoms with E-state index in [1.807, 2.05) is 66.7 Å². The minimum absolute atomic E-state index is 0.0788. The monoisotopic (exact) mass is 669 g/mol. The molecule has 2 aliphatic carbocycles. The lowest BCUT2D eigenvalue weighted by atomic mass is 9.90. The van der Waals surface area contributed by atoms with E-state index in [9.17, 15) is 22.8 Å². The van der Waals surface area contributed by atoms with Crippen molar-refractivity contribution in [3.63, 3.8) is 0 Å². The number of carbonyl (C=O) groups excluding carboxylic acids is 3.